The smallest absolute Gasteiger partial charge is 0.338 e. The average Bonchev–Trinajstić information content (AvgIpc) is 2.43. The molecule has 0 saturated carbocycles. The van der Waals surface area contributed by atoms with Gasteiger partial charge in [-0.25, -0.2) is 4.79 Å². The van der Waals surface area contributed by atoms with E-state index in [4.69, 9.17) is 4.74 Å². The van der Waals surface area contributed by atoms with Crippen molar-refractivity contribution in [1.29, 1.82) is 0 Å². The van der Waals surface area contributed by atoms with Gasteiger partial charge in [0.2, 0.25) is 0 Å². The monoisotopic (exact) mass is 261 g/mol. The Morgan fingerprint density at radius 2 is 2.05 bits per heavy atom. The molecule has 2 atom stereocenters. The van der Waals surface area contributed by atoms with E-state index in [0.717, 1.165) is 37.0 Å². The zero-order chi connectivity index (χ0) is 13.8. The summed E-state index contributed by atoms with van der Waals surface area (Å²) in [5, 5.41) is 0. The minimum Gasteiger partial charge on any atom is -0.465 e. The third kappa shape index (κ3) is 3.35. The molecule has 2 unspecified atom stereocenters. The van der Waals surface area contributed by atoms with E-state index in [1.807, 2.05) is 24.3 Å². The second-order valence-electron chi connectivity index (χ2n) is 5.63. The number of nitrogens with zero attached hydrogens (tertiary/aromatic N) is 1. The van der Waals surface area contributed by atoms with Gasteiger partial charge >= 0.3 is 5.97 Å². The fourth-order valence-electron chi connectivity index (χ4n) is 2.70. The highest BCUT2D eigenvalue weighted by Gasteiger charge is 2.23. The Hall–Kier alpha value is -1.35. The first-order valence-electron chi connectivity index (χ1n) is 7.00. The molecule has 0 radical (unpaired) electrons. The normalized spacial score (nSPS) is 24.2. The summed E-state index contributed by atoms with van der Waals surface area (Å²) in [7, 11) is 1.43. The number of rotatable bonds is 3. The fourth-order valence-corrected chi connectivity index (χ4v) is 2.70. The zero-order valence-corrected chi connectivity index (χ0v) is 12.1. The van der Waals surface area contributed by atoms with Crippen molar-refractivity contribution < 1.29 is 9.53 Å². The van der Waals surface area contributed by atoms with Crippen LogP contribution in [0.5, 0.6) is 0 Å². The van der Waals surface area contributed by atoms with Crippen molar-refractivity contribution in [3.05, 3.63) is 35.4 Å². The summed E-state index contributed by atoms with van der Waals surface area (Å²) in [5.74, 6) is 1.28. The second-order valence-corrected chi connectivity index (χ2v) is 5.63. The summed E-state index contributed by atoms with van der Waals surface area (Å²) in [6.07, 6.45) is 1.24. The van der Waals surface area contributed by atoms with Crippen molar-refractivity contribution in [3.63, 3.8) is 0 Å². The minimum absolute atomic E-state index is 0.242. The highest BCUT2D eigenvalue weighted by atomic mass is 16.5. The molecular formula is C16H23NO2. The third-order valence-corrected chi connectivity index (χ3v) is 4.23. The van der Waals surface area contributed by atoms with Gasteiger partial charge in [0.15, 0.2) is 0 Å². The topological polar surface area (TPSA) is 29.5 Å². The molecule has 1 fully saturated rings. The van der Waals surface area contributed by atoms with Gasteiger partial charge in [0.25, 0.3) is 0 Å². The number of likely N-dealkylation sites (tertiary alicyclic amines) is 1. The Balaban J connectivity index is 2.09. The molecule has 0 bridgehead atoms. The maximum atomic E-state index is 11.8. The number of piperidine rings is 1. The quantitative estimate of drug-likeness (QED) is 0.783. The lowest BCUT2D eigenvalue weighted by Gasteiger charge is -2.35. The predicted molar refractivity (Wildman–Crippen MR) is 76.0 cm³/mol. The van der Waals surface area contributed by atoms with Crippen molar-refractivity contribution in [2.45, 2.75) is 26.8 Å². The number of hydrogen-bond donors (Lipinski definition) is 0. The van der Waals surface area contributed by atoms with Crippen LogP contribution in [0, 0.1) is 11.8 Å². The number of hydrogen-bond acceptors (Lipinski definition) is 3. The zero-order valence-electron chi connectivity index (χ0n) is 12.1. The number of methoxy groups -OCH3 is 1. The third-order valence-electron chi connectivity index (χ3n) is 4.23. The van der Waals surface area contributed by atoms with Gasteiger partial charge in [0.1, 0.15) is 0 Å². The van der Waals surface area contributed by atoms with Crippen LogP contribution in [0.3, 0.4) is 0 Å². The van der Waals surface area contributed by atoms with Gasteiger partial charge in [0.05, 0.1) is 12.7 Å². The van der Waals surface area contributed by atoms with Crippen LogP contribution in [0.1, 0.15) is 36.2 Å². The van der Waals surface area contributed by atoms with Gasteiger partial charge < -0.3 is 4.74 Å². The van der Waals surface area contributed by atoms with E-state index in [1.165, 1.54) is 13.5 Å². The summed E-state index contributed by atoms with van der Waals surface area (Å²) in [4.78, 5) is 14.2. The first-order chi connectivity index (χ1) is 9.11. The molecule has 1 aromatic carbocycles. The molecule has 0 N–H and O–H groups in total. The van der Waals surface area contributed by atoms with Gasteiger partial charge in [-0.2, -0.15) is 0 Å². The van der Waals surface area contributed by atoms with Crippen LogP contribution in [-0.2, 0) is 11.3 Å². The Morgan fingerprint density at radius 1 is 1.32 bits per heavy atom. The molecule has 3 nitrogen and oxygen atoms in total. The lowest BCUT2D eigenvalue weighted by molar-refractivity contribution is 0.0596. The first kappa shape index (κ1) is 14.1. The fraction of sp³-hybridized carbons (Fsp3) is 0.562. The molecule has 1 saturated heterocycles. The SMILES string of the molecule is COC(=O)c1ccccc1CN1CCC(C)C(C)C1. The van der Waals surface area contributed by atoms with Crippen LogP contribution in [0.15, 0.2) is 24.3 Å². The predicted octanol–water partition coefficient (Wildman–Crippen LogP) is 2.95. The van der Waals surface area contributed by atoms with E-state index in [2.05, 4.69) is 18.7 Å². The molecule has 1 aliphatic heterocycles. The van der Waals surface area contributed by atoms with Crippen LogP contribution >= 0.6 is 0 Å². The number of ether oxygens (including phenoxy) is 1. The Labute approximate surface area is 115 Å². The van der Waals surface area contributed by atoms with Crippen molar-refractivity contribution >= 4 is 5.97 Å². The number of carbonyl (C=O) groups is 1. The molecule has 2 rings (SSSR count). The molecule has 0 aromatic heterocycles. The molecule has 0 aliphatic carbocycles. The van der Waals surface area contributed by atoms with E-state index < -0.39 is 0 Å². The van der Waals surface area contributed by atoms with Gasteiger partial charge in [0, 0.05) is 13.1 Å². The van der Waals surface area contributed by atoms with Crippen molar-refractivity contribution in [3.8, 4) is 0 Å². The standard InChI is InChI=1S/C16H23NO2/c1-12-8-9-17(10-13(12)2)11-14-6-4-5-7-15(14)16(18)19-3/h4-7,12-13H,8-11H2,1-3H3. The summed E-state index contributed by atoms with van der Waals surface area (Å²) >= 11 is 0. The summed E-state index contributed by atoms with van der Waals surface area (Å²) in [6, 6.07) is 7.74. The van der Waals surface area contributed by atoms with Crippen LogP contribution in [0.25, 0.3) is 0 Å². The molecular weight excluding hydrogens is 238 g/mol. The molecule has 1 aromatic rings. The van der Waals surface area contributed by atoms with Gasteiger partial charge in [-0.3, -0.25) is 4.90 Å². The van der Waals surface area contributed by atoms with Crippen molar-refractivity contribution in [2.75, 3.05) is 20.2 Å². The number of carbonyl (C=O) groups excluding carboxylic acids is 1. The average molecular weight is 261 g/mol. The van der Waals surface area contributed by atoms with Gasteiger partial charge in [-0.05, 0) is 36.4 Å². The molecule has 1 aliphatic rings. The first-order valence-corrected chi connectivity index (χ1v) is 7.00. The van der Waals surface area contributed by atoms with Gasteiger partial charge in [-0.1, -0.05) is 32.0 Å². The van der Waals surface area contributed by atoms with Crippen LogP contribution in [0.2, 0.25) is 0 Å². The number of benzene rings is 1. The lowest BCUT2D eigenvalue weighted by Crippen LogP contribution is -2.38. The Bertz CT molecular complexity index is 444. The molecule has 104 valence electrons. The van der Waals surface area contributed by atoms with E-state index in [1.54, 1.807) is 0 Å². The largest absolute Gasteiger partial charge is 0.465 e. The maximum Gasteiger partial charge on any atom is 0.338 e. The lowest BCUT2D eigenvalue weighted by atomic mass is 9.88. The van der Waals surface area contributed by atoms with Crippen LogP contribution in [-0.4, -0.2) is 31.1 Å². The van der Waals surface area contributed by atoms with E-state index in [-0.39, 0.29) is 5.97 Å². The summed E-state index contributed by atoms with van der Waals surface area (Å²) in [5.41, 5.74) is 1.76. The van der Waals surface area contributed by atoms with Gasteiger partial charge in [-0.15, -0.1) is 0 Å². The van der Waals surface area contributed by atoms with Crippen molar-refractivity contribution in [1.82, 2.24) is 4.90 Å². The summed E-state index contributed by atoms with van der Waals surface area (Å²) < 4.78 is 4.85. The second kappa shape index (κ2) is 6.20. The maximum absolute atomic E-state index is 11.8. The van der Waals surface area contributed by atoms with E-state index in [0.29, 0.717) is 5.56 Å². The molecule has 0 spiro atoms. The highest BCUT2D eigenvalue weighted by molar-refractivity contribution is 5.90. The van der Waals surface area contributed by atoms with E-state index >= 15 is 0 Å². The minimum atomic E-state index is -0.242. The Morgan fingerprint density at radius 3 is 2.74 bits per heavy atom. The highest BCUT2D eigenvalue weighted by Crippen LogP contribution is 2.24. The molecule has 1 heterocycles. The van der Waals surface area contributed by atoms with Crippen molar-refractivity contribution in [2.24, 2.45) is 11.8 Å². The van der Waals surface area contributed by atoms with E-state index in [9.17, 15) is 4.79 Å². The Kier molecular flexibility index (Phi) is 4.59. The van der Waals surface area contributed by atoms with Crippen LogP contribution in [0.4, 0.5) is 0 Å². The summed E-state index contributed by atoms with van der Waals surface area (Å²) in [6.45, 7) is 7.69. The molecule has 19 heavy (non-hydrogen) atoms. The number of esters is 1. The molecule has 0 amide bonds. The van der Waals surface area contributed by atoms with Crippen LogP contribution < -0.4 is 0 Å². The molecule has 3 heteroatoms.